The Morgan fingerprint density at radius 3 is 2.43 bits per heavy atom. The van der Waals surface area contributed by atoms with Crippen LogP contribution in [-0.2, 0) is 10.0 Å². The molecule has 0 atom stereocenters. The lowest BCUT2D eigenvalue weighted by atomic mass is 10.3. The number of non-ortho nitro benzene ring substituents is 1. The summed E-state index contributed by atoms with van der Waals surface area (Å²) in [6, 6.07) is 0.741. The molecule has 0 aromatic heterocycles. The van der Waals surface area contributed by atoms with Gasteiger partial charge in [-0.15, -0.1) is 0 Å². The highest BCUT2D eigenvalue weighted by atomic mass is 32.2. The van der Waals surface area contributed by atoms with Crippen molar-refractivity contribution >= 4 is 21.4 Å². The molecule has 0 aliphatic rings. The van der Waals surface area contributed by atoms with Crippen LogP contribution in [0.3, 0.4) is 0 Å². The van der Waals surface area contributed by atoms with Crippen molar-refractivity contribution in [2.45, 2.75) is 24.8 Å². The van der Waals surface area contributed by atoms with E-state index in [-0.39, 0.29) is 6.54 Å². The molecule has 118 valence electrons. The number of nitrogen functional groups attached to an aromatic ring is 1. The van der Waals surface area contributed by atoms with Gasteiger partial charge in [-0.2, -0.15) is 4.31 Å². The Morgan fingerprint density at radius 1 is 1.48 bits per heavy atom. The number of aliphatic hydroxyl groups excluding tert-OH is 1. The number of nitro benzene ring substituents is 1. The van der Waals surface area contributed by atoms with Crippen LogP contribution in [0.2, 0.25) is 0 Å². The van der Waals surface area contributed by atoms with Crippen molar-refractivity contribution in [2.75, 3.05) is 18.9 Å². The fourth-order valence-corrected chi connectivity index (χ4v) is 3.62. The standard InChI is InChI=1S/C11H16FN3O5S/c1-7(2)14(3-4-16)21(19,20)11-9(12)5-8(15(17)18)6-10(11)13/h5-7,16H,3-4,13H2,1-2H3. The molecule has 0 aliphatic heterocycles. The SMILES string of the molecule is CC(C)N(CCO)S(=O)(=O)c1c(N)cc([N+](=O)[O-])cc1F. The predicted molar refractivity (Wildman–Crippen MR) is 73.6 cm³/mol. The summed E-state index contributed by atoms with van der Waals surface area (Å²) in [5, 5.41) is 19.5. The van der Waals surface area contributed by atoms with E-state index in [4.69, 9.17) is 10.8 Å². The fraction of sp³-hybridized carbons (Fsp3) is 0.455. The van der Waals surface area contributed by atoms with Crippen molar-refractivity contribution < 1.29 is 22.8 Å². The highest BCUT2D eigenvalue weighted by Crippen LogP contribution is 2.30. The smallest absolute Gasteiger partial charge is 0.274 e. The summed E-state index contributed by atoms with van der Waals surface area (Å²) in [6.45, 7) is 2.40. The van der Waals surface area contributed by atoms with Gasteiger partial charge in [-0.25, -0.2) is 12.8 Å². The number of benzene rings is 1. The molecule has 0 radical (unpaired) electrons. The number of halogens is 1. The molecule has 0 saturated heterocycles. The third-order valence-electron chi connectivity index (χ3n) is 2.73. The largest absolute Gasteiger partial charge is 0.397 e. The maximum atomic E-state index is 14.0. The first-order valence-electron chi connectivity index (χ1n) is 5.99. The molecule has 0 aliphatic carbocycles. The van der Waals surface area contributed by atoms with Gasteiger partial charge in [-0.3, -0.25) is 10.1 Å². The van der Waals surface area contributed by atoms with Gasteiger partial charge in [0.2, 0.25) is 10.0 Å². The topological polar surface area (TPSA) is 127 Å². The minimum absolute atomic E-state index is 0.240. The number of nitro groups is 1. The number of anilines is 1. The zero-order valence-electron chi connectivity index (χ0n) is 11.5. The molecule has 0 unspecified atom stereocenters. The van der Waals surface area contributed by atoms with Crippen molar-refractivity contribution in [3.63, 3.8) is 0 Å². The number of sulfonamides is 1. The lowest BCUT2D eigenvalue weighted by Gasteiger charge is -2.25. The van der Waals surface area contributed by atoms with Gasteiger partial charge in [-0.1, -0.05) is 0 Å². The zero-order chi connectivity index (χ0) is 16.4. The molecular weight excluding hydrogens is 305 g/mol. The van der Waals surface area contributed by atoms with Crippen molar-refractivity contribution in [2.24, 2.45) is 0 Å². The van der Waals surface area contributed by atoms with Gasteiger partial charge in [-0.05, 0) is 13.8 Å². The van der Waals surface area contributed by atoms with Gasteiger partial charge in [0.25, 0.3) is 5.69 Å². The predicted octanol–water partition coefficient (Wildman–Crippen LogP) is 0.708. The first-order valence-corrected chi connectivity index (χ1v) is 7.43. The maximum Gasteiger partial charge on any atom is 0.274 e. The molecule has 3 N–H and O–H groups in total. The molecule has 0 fully saturated rings. The number of hydrogen-bond donors (Lipinski definition) is 2. The second-order valence-electron chi connectivity index (χ2n) is 4.54. The van der Waals surface area contributed by atoms with Crippen LogP contribution in [0.4, 0.5) is 15.8 Å². The molecule has 8 nitrogen and oxygen atoms in total. The van der Waals surface area contributed by atoms with E-state index < -0.39 is 49.7 Å². The van der Waals surface area contributed by atoms with Gasteiger partial charge in [0.05, 0.1) is 23.3 Å². The summed E-state index contributed by atoms with van der Waals surface area (Å²) in [7, 11) is -4.32. The summed E-state index contributed by atoms with van der Waals surface area (Å²) in [4.78, 5) is 8.91. The highest BCUT2D eigenvalue weighted by molar-refractivity contribution is 7.89. The van der Waals surface area contributed by atoms with Crippen LogP contribution in [0.1, 0.15) is 13.8 Å². The minimum atomic E-state index is -4.32. The first-order chi connectivity index (χ1) is 9.62. The second kappa shape index (κ2) is 6.33. The Labute approximate surface area is 121 Å². The Morgan fingerprint density at radius 2 is 2.05 bits per heavy atom. The number of rotatable bonds is 6. The van der Waals surface area contributed by atoms with E-state index in [2.05, 4.69) is 0 Å². The van der Waals surface area contributed by atoms with Crippen LogP contribution in [-0.4, -0.2) is 41.9 Å². The molecule has 1 aromatic rings. The van der Waals surface area contributed by atoms with E-state index in [1.807, 2.05) is 0 Å². The average Bonchev–Trinajstić information content (AvgIpc) is 2.33. The molecule has 0 saturated carbocycles. The number of nitrogens with zero attached hydrogens (tertiary/aromatic N) is 2. The first kappa shape index (κ1) is 17.3. The van der Waals surface area contributed by atoms with Gasteiger partial charge >= 0.3 is 0 Å². The number of hydrogen-bond acceptors (Lipinski definition) is 6. The Balaban J connectivity index is 3.48. The molecular formula is C11H16FN3O5S. The third-order valence-corrected chi connectivity index (χ3v) is 4.90. The quantitative estimate of drug-likeness (QED) is 0.451. The van der Waals surface area contributed by atoms with Crippen LogP contribution in [0.25, 0.3) is 0 Å². The van der Waals surface area contributed by atoms with E-state index >= 15 is 0 Å². The maximum absolute atomic E-state index is 14.0. The second-order valence-corrected chi connectivity index (χ2v) is 6.36. The van der Waals surface area contributed by atoms with E-state index in [1.165, 1.54) is 0 Å². The normalized spacial score (nSPS) is 12.1. The van der Waals surface area contributed by atoms with E-state index in [0.717, 1.165) is 10.4 Å². The van der Waals surface area contributed by atoms with Crippen molar-refractivity contribution in [1.29, 1.82) is 0 Å². The van der Waals surface area contributed by atoms with E-state index in [1.54, 1.807) is 13.8 Å². The van der Waals surface area contributed by atoms with Gasteiger partial charge in [0.15, 0.2) is 5.82 Å². The molecule has 0 spiro atoms. The van der Waals surface area contributed by atoms with Gasteiger partial charge in [0.1, 0.15) is 4.90 Å². The zero-order valence-corrected chi connectivity index (χ0v) is 12.3. The summed E-state index contributed by atoms with van der Waals surface area (Å²) < 4.78 is 39.7. The lowest BCUT2D eigenvalue weighted by Crippen LogP contribution is -2.39. The summed E-state index contributed by atoms with van der Waals surface area (Å²) in [5.41, 5.74) is 4.28. The van der Waals surface area contributed by atoms with Gasteiger partial charge < -0.3 is 10.8 Å². The van der Waals surface area contributed by atoms with Crippen LogP contribution in [0, 0.1) is 15.9 Å². The van der Waals surface area contributed by atoms with Crippen LogP contribution in [0.5, 0.6) is 0 Å². The lowest BCUT2D eigenvalue weighted by molar-refractivity contribution is -0.385. The molecule has 0 heterocycles. The van der Waals surface area contributed by atoms with Crippen LogP contribution >= 0.6 is 0 Å². The Hall–Kier alpha value is -1.78. The Bertz CT molecular complexity index is 624. The molecule has 10 heteroatoms. The van der Waals surface area contributed by atoms with Crippen LogP contribution in [0.15, 0.2) is 17.0 Å². The summed E-state index contributed by atoms with van der Waals surface area (Å²) in [6.07, 6.45) is 0. The molecule has 1 rings (SSSR count). The molecule has 1 aromatic carbocycles. The summed E-state index contributed by atoms with van der Waals surface area (Å²) in [5.74, 6) is -1.30. The minimum Gasteiger partial charge on any atom is -0.397 e. The molecule has 21 heavy (non-hydrogen) atoms. The van der Waals surface area contributed by atoms with Crippen molar-refractivity contribution in [3.8, 4) is 0 Å². The van der Waals surface area contributed by atoms with Gasteiger partial charge in [0, 0.05) is 18.7 Å². The van der Waals surface area contributed by atoms with E-state index in [0.29, 0.717) is 6.07 Å². The van der Waals surface area contributed by atoms with Crippen molar-refractivity contribution in [3.05, 3.63) is 28.1 Å². The molecule has 0 amide bonds. The number of nitrogens with two attached hydrogens (primary N) is 1. The van der Waals surface area contributed by atoms with Crippen LogP contribution < -0.4 is 5.73 Å². The average molecular weight is 321 g/mol. The third kappa shape index (κ3) is 3.46. The molecule has 0 bridgehead atoms. The van der Waals surface area contributed by atoms with E-state index in [9.17, 15) is 22.9 Å². The Kier molecular flexibility index (Phi) is 5.20. The summed E-state index contributed by atoms with van der Waals surface area (Å²) >= 11 is 0. The monoisotopic (exact) mass is 321 g/mol. The van der Waals surface area contributed by atoms with Crippen molar-refractivity contribution in [1.82, 2.24) is 4.31 Å². The fourth-order valence-electron chi connectivity index (χ4n) is 1.85. The highest BCUT2D eigenvalue weighted by Gasteiger charge is 2.32. The number of aliphatic hydroxyl groups is 1.